The second-order valence-corrected chi connectivity index (χ2v) is 4.08. The van der Waals surface area contributed by atoms with E-state index in [-0.39, 0.29) is 0 Å². The summed E-state index contributed by atoms with van der Waals surface area (Å²) in [4.78, 5) is 4.15. The molecule has 1 N–H and O–H groups in total. The minimum atomic E-state index is -4.31. The molecule has 19 heavy (non-hydrogen) atoms. The molecule has 0 bridgehead atoms. The Bertz CT molecular complexity index is 524. The van der Waals surface area contributed by atoms with Gasteiger partial charge in [0.15, 0.2) is 0 Å². The normalized spacial score (nSPS) is 11.3. The number of anilines is 1. The molecular formula is C14H13F3N2. The SMILES string of the molecule is FC(F)(F)c1cccc(NCCc2ccccn2)c1. The van der Waals surface area contributed by atoms with Crippen LogP contribution in [-0.4, -0.2) is 11.5 Å². The van der Waals surface area contributed by atoms with E-state index in [1.807, 2.05) is 18.2 Å². The van der Waals surface area contributed by atoms with Crippen molar-refractivity contribution in [3.8, 4) is 0 Å². The molecule has 0 aliphatic heterocycles. The summed E-state index contributed by atoms with van der Waals surface area (Å²) in [5.41, 5.74) is 0.725. The summed E-state index contributed by atoms with van der Waals surface area (Å²) >= 11 is 0. The largest absolute Gasteiger partial charge is 0.416 e. The van der Waals surface area contributed by atoms with Crippen molar-refractivity contribution in [1.82, 2.24) is 4.98 Å². The summed E-state index contributed by atoms with van der Waals surface area (Å²) in [5, 5.41) is 2.97. The molecule has 0 spiro atoms. The maximum Gasteiger partial charge on any atom is 0.416 e. The highest BCUT2D eigenvalue weighted by molar-refractivity contribution is 5.46. The van der Waals surface area contributed by atoms with E-state index < -0.39 is 11.7 Å². The number of rotatable bonds is 4. The van der Waals surface area contributed by atoms with Gasteiger partial charge < -0.3 is 5.32 Å². The molecule has 0 radical (unpaired) electrons. The lowest BCUT2D eigenvalue weighted by molar-refractivity contribution is -0.137. The molecule has 0 aliphatic carbocycles. The van der Waals surface area contributed by atoms with E-state index in [1.165, 1.54) is 6.07 Å². The minimum absolute atomic E-state index is 0.464. The third-order valence-electron chi connectivity index (χ3n) is 2.63. The summed E-state index contributed by atoms with van der Waals surface area (Å²) in [6.45, 7) is 0.540. The van der Waals surface area contributed by atoms with Crippen molar-refractivity contribution in [2.75, 3.05) is 11.9 Å². The van der Waals surface area contributed by atoms with Crippen LogP contribution in [0.1, 0.15) is 11.3 Å². The van der Waals surface area contributed by atoms with Gasteiger partial charge >= 0.3 is 6.18 Å². The number of aromatic nitrogens is 1. The van der Waals surface area contributed by atoms with Gasteiger partial charge in [0, 0.05) is 30.5 Å². The Hall–Kier alpha value is -2.04. The maximum atomic E-state index is 12.5. The first-order valence-corrected chi connectivity index (χ1v) is 5.87. The average molecular weight is 266 g/mol. The standard InChI is InChI=1S/C14H13F3N2/c15-14(16,17)11-4-3-6-13(10-11)19-9-7-12-5-1-2-8-18-12/h1-6,8,10,19H,7,9H2. The Morgan fingerprint density at radius 2 is 1.89 bits per heavy atom. The van der Waals surface area contributed by atoms with Gasteiger partial charge in [0.2, 0.25) is 0 Å². The van der Waals surface area contributed by atoms with Gasteiger partial charge in [-0.15, -0.1) is 0 Å². The Kier molecular flexibility index (Phi) is 4.04. The fourth-order valence-corrected chi connectivity index (χ4v) is 1.69. The Morgan fingerprint density at radius 1 is 1.05 bits per heavy atom. The molecule has 5 heteroatoms. The molecular weight excluding hydrogens is 253 g/mol. The molecule has 0 amide bonds. The van der Waals surface area contributed by atoms with E-state index in [0.29, 0.717) is 18.7 Å². The molecule has 0 saturated carbocycles. The smallest absolute Gasteiger partial charge is 0.385 e. The number of hydrogen-bond donors (Lipinski definition) is 1. The Labute approximate surface area is 109 Å². The molecule has 1 heterocycles. The summed E-state index contributed by atoms with van der Waals surface area (Å²) in [6, 6.07) is 10.8. The molecule has 2 rings (SSSR count). The van der Waals surface area contributed by atoms with E-state index in [0.717, 1.165) is 17.8 Å². The van der Waals surface area contributed by atoms with Crippen LogP contribution in [-0.2, 0) is 12.6 Å². The van der Waals surface area contributed by atoms with Gasteiger partial charge in [-0.1, -0.05) is 12.1 Å². The van der Waals surface area contributed by atoms with Gasteiger partial charge in [0.25, 0.3) is 0 Å². The van der Waals surface area contributed by atoms with E-state index in [2.05, 4.69) is 10.3 Å². The lowest BCUT2D eigenvalue weighted by atomic mass is 10.2. The van der Waals surface area contributed by atoms with Crippen molar-refractivity contribution >= 4 is 5.69 Å². The van der Waals surface area contributed by atoms with Crippen molar-refractivity contribution in [1.29, 1.82) is 0 Å². The average Bonchev–Trinajstić information content (AvgIpc) is 2.39. The molecule has 2 nitrogen and oxygen atoms in total. The third-order valence-corrected chi connectivity index (χ3v) is 2.63. The highest BCUT2D eigenvalue weighted by Crippen LogP contribution is 2.30. The van der Waals surface area contributed by atoms with Crippen molar-refractivity contribution in [2.24, 2.45) is 0 Å². The number of halogens is 3. The van der Waals surface area contributed by atoms with Gasteiger partial charge in [-0.05, 0) is 30.3 Å². The number of alkyl halides is 3. The molecule has 1 aromatic carbocycles. The molecule has 0 saturated heterocycles. The molecule has 100 valence electrons. The van der Waals surface area contributed by atoms with Gasteiger partial charge in [-0.3, -0.25) is 4.98 Å². The van der Waals surface area contributed by atoms with E-state index in [9.17, 15) is 13.2 Å². The third kappa shape index (κ3) is 3.98. The van der Waals surface area contributed by atoms with Crippen LogP contribution in [0.2, 0.25) is 0 Å². The Balaban J connectivity index is 1.93. The first-order valence-electron chi connectivity index (χ1n) is 5.87. The van der Waals surface area contributed by atoms with Crippen LogP contribution in [0.15, 0.2) is 48.7 Å². The van der Waals surface area contributed by atoms with Crippen LogP contribution in [0.4, 0.5) is 18.9 Å². The van der Waals surface area contributed by atoms with Gasteiger partial charge in [-0.2, -0.15) is 13.2 Å². The number of nitrogens with one attached hydrogen (secondary N) is 1. The predicted octanol–water partition coefficient (Wildman–Crippen LogP) is 3.76. The van der Waals surface area contributed by atoms with E-state index >= 15 is 0 Å². The van der Waals surface area contributed by atoms with Gasteiger partial charge in [0.1, 0.15) is 0 Å². The highest BCUT2D eigenvalue weighted by atomic mass is 19.4. The lowest BCUT2D eigenvalue weighted by Crippen LogP contribution is -2.08. The second kappa shape index (κ2) is 5.73. The predicted molar refractivity (Wildman–Crippen MR) is 67.9 cm³/mol. The fourth-order valence-electron chi connectivity index (χ4n) is 1.69. The molecule has 0 fully saturated rings. The van der Waals surface area contributed by atoms with Crippen molar-refractivity contribution in [2.45, 2.75) is 12.6 Å². The zero-order chi connectivity index (χ0) is 13.7. The Morgan fingerprint density at radius 3 is 2.58 bits per heavy atom. The molecule has 0 atom stereocenters. The number of benzene rings is 1. The summed E-state index contributed by atoms with van der Waals surface area (Å²) in [7, 11) is 0. The van der Waals surface area contributed by atoms with E-state index in [4.69, 9.17) is 0 Å². The van der Waals surface area contributed by atoms with Crippen LogP contribution in [0.25, 0.3) is 0 Å². The van der Waals surface area contributed by atoms with Crippen LogP contribution in [0, 0.1) is 0 Å². The zero-order valence-electron chi connectivity index (χ0n) is 10.1. The zero-order valence-corrected chi connectivity index (χ0v) is 10.1. The molecule has 1 aromatic heterocycles. The van der Waals surface area contributed by atoms with Crippen molar-refractivity contribution < 1.29 is 13.2 Å². The lowest BCUT2D eigenvalue weighted by Gasteiger charge is -2.10. The van der Waals surface area contributed by atoms with Gasteiger partial charge in [-0.25, -0.2) is 0 Å². The van der Waals surface area contributed by atoms with Crippen molar-refractivity contribution in [3.05, 3.63) is 59.9 Å². The fraction of sp³-hybridized carbons (Fsp3) is 0.214. The summed E-state index contributed by atoms with van der Waals surface area (Å²) < 4.78 is 37.6. The number of nitrogens with zero attached hydrogens (tertiary/aromatic N) is 1. The van der Waals surface area contributed by atoms with Gasteiger partial charge in [0.05, 0.1) is 5.56 Å². The minimum Gasteiger partial charge on any atom is -0.385 e. The monoisotopic (exact) mass is 266 g/mol. The molecule has 0 unspecified atom stereocenters. The highest BCUT2D eigenvalue weighted by Gasteiger charge is 2.30. The summed E-state index contributed by atoms with van der Waals surface area (Å²) in [6.07, 6.45) is -1.95. The van der Waals surface area contributed by atoms with Crippen LogP contribution in [0.5, 0.6) is 0 Å². The second-order valence-electron chi connectivity index (χ2n) is 4.08. The van der Waals surface area contributed by atoms with Crippen LogP contribution in [0.3, 0.4) is 0 Å². The van der Waals surface area contributed by atoms with E-state index in [1.54, 1.807) is 12.3 Å². The quantitative estimate of drug-likeness (QED) is 0.911. The summed E-state index contributed by atoms with van der Waals surface area (Å²) in [5.74, 6) is 0. The molecule has 0 aliphatic rings. The van der Waals surface area contributed by atoms with Crippen molar-refractivity contribution in [3.63, 3.8) is 0 Å². The van der Waals surface area contributed by atoms with Crippen LogP contribution >= 0.6 is 0 Å². The number of pyridine rings is 1. The first-order chi connectivity index (χ1) is 9.05. The molecule has 2 aromatic rings. The van der Waals surface area contributed by atoms with Crippen LogP contribution < -0.4 is 5.32 Å². The first kappa shape index (κ1) is 13.4. The topological polar surface area (TPSA) is 24.9 Å². The maximum absolute atomic E-state index is 12.5. The number of hydrogen-bond acceptors (Lipinski definition) is 2.